The lowest BCUT2D eigenvalue weighted by atomic mass is 10.2. The van der Waals surface area contributed by atoms with Gasteiger partial charge in [0.1, 0.15) is 5.82 Å². The average molecular weight is 450 g/mol. The van der Waals surface area contributed by atoms with E-state index in [0.29, 0.717) is 19.6 Å². The minimum Gasteiger partial charge on any atom is -0.493 e. The number of methoxy groups -OCH3 is 1. The predicted molar refractivity (Wildman–Crippen MR) is 134 cm³/mol. The number of aryl methyl sites for hydroxylation is 1. The molecule has 6 nitrogen and oxygen atoms in total. The van der Waals surface area contributed by atoms with Crippen molar-refractivity contribution in [2.24, 2.45) is 0 Å². The topological polar surface area (TPSA) is 65.4 Å². The van der Waals surface area contributed by atoms with Crippen LogP contribution in [-0.4, -0.2) is 35.7 Å². The van der Waals surface area contributed by atoms with E-state index in [9.17, 15) is 4.79 Å². The first-order valence-electron chi connectivity index (χ1n) is 11.8. The molecule has 0 spiro atoms. The van der Waals surface area contributed by atoms with E-state index < -0.39 is 0 Å². The molecular formula is C27H35N3O3. The van der Waals surface area contributed by atoms with Crippen LogP contribution < -0.4 is 14.8 Å². The molecule has 0 saturated carbocycles. The number of ether oxygens (including phenoxy) is 2. The number of benzene rings is 2. The summed E-state index contributed by atoms with van der Waals surface area (Å²) in [5.74, 6) is 2.63. The Kier molecular flexibility index (Phi) is 9.36. The van der Waals surface area contributed by atoms with Crippen molar-refractivity contribution in [3.05, 3.63) is 59.9 Å². The molecule has 1 aromatic heterocycles. The third kappa shape index (κ3) is 6.85. The van der Waals surface area contributed by atoms with Crippen LogP contribution in [0.2, 0.25) is 0 Å². The van der Waals surface area contributed by atoms with E-state index in [4.69, 9.17) is 14.5 Å². The number of rotatable bonds is 13. The standard InChI is InChI=1S/C27H35N3O3/c1-4-10-21-14-15-24(25(20-21)32-3)33-19-9-8-18-30-23-13-7-6-12-22(23)29-26(30)16-17-28-27(31)11-5-2/h4,6-7,10,12-15,20H,5,8-9,11,16-19H2,1-3H3,(H,28,31)/b10-4+. The third-order valence-electron chi connectivity index (χ3n) is 5.46. The highest BCUT2D eigenvalue weighted by atomic mass is 16.5. The van der Waals surface area contributed by atoms with Crippen molar-refractivity contribution in [1.29, 1.82) is 0 Å². The lowest BCUT2D eigenvalue weighted by molar-refractivity contribution is -0.121. The maximum Gasteiger partial charge on any atom is 0.219 e. The van der Waals surface area contributed by atoms with Crippen LogP contribution in [-0.2, 0) is 17.8 Å². The highest BCUT2D eigenvalue weighted by molar-refractivity contribution is 5.76. The summed E-state index contributed by atoms with van der Waals surface area (Å²) in [7, 11) is 1.66. The van der Waals surface area contributed by atoms with E-state index >= 15 is 0 Å². The maximum atomic E-state index is 11.8. The van der Waals surface area contributed by atoms with Crippen molar-refractivity contribution in [3.63, 3.8) is 0 Å². The first kappa shape index (κ1) is 24.4. The number of imidazole rings is 1. The van der Waals surface area contributed by atoms with Crippen LogP contribution in [0.1, 0.15) is 50.9 Å². The van der Waals surface area contributed by atoms with Gasteiger partial charge in [0.2, 0.25) is 5.91 Å². The Morgan fingerprint density at radius 2 is 2.00 bits per heavy atom. The van der Waals surface area contributed by atoms with Gasteiger partial charge in [0, 0.05) is 25.9 Å². The van der Waals surface area contributed by atoms with Gasteiger partial charge < -0.3 is 19.4 Å². The molecule has 1 heterocycles. The Labute approximate surface area is 196 Å². The van der Waals surface area contributed by atoms with Crippen molar-refractivity contribution in [1.82, 2.24) is 14.9 Å². The number of hydrogen-bond donors (Lipinski definition) is 1. The first-order chi connectivity index (χ1) is 16.2. The van der Waals surface area contributed by atoms with Gasteiger partial charge in [-0.1, -0.05) is 37.3 Å². The van der Waals surface area contributed by atoms with E-state index in [1.54, 1.807) is 7.11 Å². The molecular weight excluding hydrogens is 414 g/mol. The lowest BCUT2D eigenvalue weighted by Gasteiger charge is -2.12. The molecule has 3 rings (SSSR count). The van der Waals surface area contributed by atoms with Crippen LogP contribution in [0.15, 0.2) is 48.5 Å². The van der Waals surface area contributed by atoms with Gasteiger partial charge in [-0.05, 0) is 56.0 Å². The normalized spacial score (nSPS) is 11.2. The van der Waals surface area contributed by atoms with Gasteiger partial charge in [0.25, 0.3) is 0 Å². The van der Waals surface area contributed by atoms with Crippen molar-refractivity contribution >= 4 is 23.0 Å². The summed E-state index contributed by atoms with van der Waals surface area (Å²) in [6, 6.07) is 14.2. The fourth-order valence-electron chi connectivity index (χ4n) is 3.85. The molecule has 0 aliphatic rings. The Hall–Kier alpha value is -3.28. The van der Waals surface area contributed by atoms with Gasteiger partial charge in [-0.2, -0.15) is 0 Å². The number of nitrogens with one attached hydrogen (secondary N) is 1. The second-order valence-corrected chi connectivity index (χ2v) is 7.98. The number of carbonyl (C=O) groups is 1. The second kappa shape index (κ2) is 12.7. The number of amides is 1. The zero-order valence-electron chi connectivity index (χ0n) is 20.0. The number of aromatic nitrogens is 2. The van der Waals surface area contributed by atoms with E-state index in [1.807, 2.05) is 62.4 Å². The zero-order valence-corrected chi connectivity index (χ0v) is 20.0. The van der Waals surface area contributed by atoms with E-state index in [2.05, 4.69) is 16.0 Å². The Bertz CT molecular complexity index is 1070. The molecule has 33 heavy (non-hydrogen) atoms. The molecule has 0 unspecified atom stereocenters. The van der Waals surface area contributed by atoms with Crippen molar-refractivity contribution in [2.75, 3.05) is 20.3 Å². The Morgan fingerprint density at radius 1 is 1.15 bits per heavy atom. The number of allylic oxidation sites excluding steroid dienone is 1. The van der Waals surface area contributed by atoms with Crippen LogP contribution in [0, 0.1) is 0 Å². The molecule has 1 N–H and O–H groups in total. The summed E-state index contributed by atoms with van der Waals surface area (Å²) in [6.45, 7) is 6.09. The number of unbranched alkanes of at least 4 members (excludes halogenated alkanes) is 1. The molecule has 1 amide bonds. The molecule has 0 saturated heterocycles. The van der Waals surface area contributed by atoms with Gasteiger partial charge >= 0.3 is 0 Å². The summed E-state index contributed by atoms with van der Waals surface area (Å²) in [4.78, 5) is 16.6. The SMILES string of the molecule is C/C=C/c1ccc(OCCCCn2c(CCNC(=O)CCC)nc3ccccc32)c(OC)c1. The van der Waals surface area contributed by atoms with Gasteiger partial charge in [-0.3, -0.25) is 4.79 Å². The maximum absolute atomic E-state index is 11.8. The Morgan fingerprint density at radius 3 is 2.79 bits per heavy atom. The second-order valence-electron chi connectivity index (χ2n) is 7.98. The molecule has 0 bridgehead atoms. The van der Waals surface area contributed by atoms with Gasteiger partial charge in [0.05, 0.1) is 24.8 Å². The summed E-state index contributed by atoms with van der Waals surface area (Å²) in [6.07, 6.45) is 8.07. The smallest absolute Gasteiger partial charge is 0.219 e. The van der Waals surface area contributed by atoms with Crippen molar-refractivity contribution in [2.45, 2.75) is 52.5 Å². The summed E-state index contributed by atoms with van der Waals surface area (Å²) < 4.78 is 13.7. The molecule has 2 aromatic carbocycles. The minimum absolute atomic E-state index is 0.103. The number of para-hydroxylation sites is 2. The van der Waals surface area contributed by atoms with Crippen molar-refractivity contribution in [3.8, 4) is 11.5 Å². The highest BCUT2D eigenvalue weighted by Crippen LogP contribution is 2.29. The summed E-state index contributed by atoms with van der Waals surface area (Å²) in [5, 5.41) is 2.99. The van der Waals surface area contributed by atoms with Crippen LogP contribution in [0.25, 0.3) is 17.1 Å². The van der Waals surface area contributed by atoms with Crippen LogP contribution >= 0.6 is 0 Å². The molecule has 0 aliphatic heterocycles. The van der Waals surface area contributed by atoms with Gasteiger partial charge in [-0.25, -0.2) is 4.98 Å². The van der Waals surface area contributed by atoms with E-state index in [0.717, 1.165) is 66.1 Å². The quantitative estimate of drug-likeness (QED) is 0.355. The zero-order chi connectivity index (χ0) is 23.5. The lowest BCUT2D eigenvalue weighted by Crippen LogP contribution is -2.26. The fourth-order valence-corrected chi connectivity index (χ4v) is 3.85. The third-order valence-corrected chi connectivity index (χ3v) is 5.46. The van der Waals surface area contributed by atoms with Gasteiger partial charge in [0.15, 0.2) is 11.5 Å². The molecule has 6 heteroatoms. The number of fused-ring (bicyclic) bond motifs is 1. The summed E-state index contributed by atoms with van der Waals surface area (Å²) >= 11 is 0. The number of carbonyl (C=O) groups excluding carboxylic acids is 1. The van der Waals surface area contributed by atoms with Crippen LogP contribution in [0.3, 0.4) is 0 Å². The number of hydrogen-bond acceptors (Lipinski definition) is 4. The first-order valence-corrected chi connectivity index (χ1v) is 11.8. The van der Waals surface area contributed by atoms with Crippen LogP contribution in [0.4, 0.5) is 0 Å². The predicted octanol–water partition coefficient (Wildman–Crippen LogP) is 5.40. The van der Waals surface area contributed by atoms with E-state index in [-0.39, 0.29) is 5.91 Å². The molecule has 0 atom stereocenters. The molecule has 0 aliphatic carbocycles. The average Bonchev–Trinajstić information content (AvgIpc) is 3.17. The van der Waals surface area contributed by atoms with E-state index in [1.165, 1.54) is 0 Å². The van der Waals surface area contributed by atoms with Gasteiger partial charge in [-0.15, -0.1) is 0 Å². The molecule has 0 radical (unpaired) electrons. The fraction of sp³-hybridized carbons (Fsp3) is 0.407. The highest BCUT2D eigenvalue weighted by Gasteiger charge is 2.11. The summed E-state index contributed by atoms with van der Waals surface area (Å²) in [5.41, 5.74) is 3.22. The molecule has 176 valence electrons. The molecule has 3 aromatic rings. The minimum atomic E-state index is 0.103. The number of nitrogens with zero attached hydrogens (tertiary/aromatic N) is 2. The largest absolute Gasteiger partial charge is 0.493 e. The monoisotopic (exact) mass is 449 g/mol. The van der Waals surface area contributed by atoms with Crippen molar-refractivity contribution < 1.29 is 14.3 Å². The van der Waals surface area contributed by atoms with Crippen LogP contribution in [0.5, 0.6) is 11.5 Å². The Balaban J connectivity index is 1.56. The molecule has 0 fully saturated rings.